The number of rotatable bonds is 5. The third-order valence-corrected chi connectivity index (χ3v) is 3.95. The second-order valence-corrected chi connectivity index (χ2v) is 5.70. The number of aliphatic hydroxyl groups is 1. The van der Waals surface area contributed by atoms with Gasteiger partial charge in [-0.2, -0.15) is 0 Å². The summed E-state index contributed by atoms with van der Waals surface area (Å²) in [4.78, 5) is 12.9. The normalized spacial score (nSPS) is 14.7. The summed E-state index contributed by atoms with van der Waals surface area (Å²) >= 11 is 1.47. The van der Waals surface area contributed by atoms with Gasteiger partial charge in [-0.1, -0.05) is 20.8 Å². The second-order valence-electron chi connectivity index (χ2n) is 4.78. The van der Waals surface area contributed by atoms with Crippen LogP contribution in [0.4, 0.5) is 0 Å². The van der Waals surface area contributed by atoms with Gasteiger partial charge in [0, 0.05) is 12.6 Å². The van der Waals surface area contributed by atoms with E-state index in [1.807, 2.05) is 25.3 Å². The first-order valence-electron chi connectivity index (χ1n) is 5.96. The summed E-state index contributed by atoms with van der Waals surface area (Å²) in [6.07, 6.45) is 0. The minimum absolute atomic E-state index is 0.0189. The Hall–Kier alpha value is -0.870. The molecule has 96 valence electrons. The number of nitrogens with one attached hydrogen (secondary N) is 1. The lowest BCUT2D eigenvalue weighted by Crippen LogP contribution is -2.38. The Kier molecular flexibility index (Phi) is 5.15. The number of amides is 1. The second kappa shape index (κ2) is 6.17. The Labute approximate surface area is 107 Å². The van der Waals surface area contributed by atoms with Gasteiger partial charge >= 0.3 is 0 Å². The van der Waals surface area contributed by atoms with Crippen molar-refractivity contribution in [3.05, 3.63) is 21.9 Å². The van der Waals surface area contributed by atoms with Crippen molar-refractivity contribution in [3.63, 3.8) is 0 Å². The fraction of sp³-hybridized carbons (Fsp3) is 0.615. The molecule has 0 aromatic carbocycles. The van der Waals surface area contributed by atoms with Crippen molar-refractivity contribution >= 4 is 17.2 Å². The van der Waals surface area contributed by atoms with Crippen molar-refractivity contribution in [1.82, 2.24) is 5.32 Å². The molecule has 2 atom stereocenters. The Bertz CT molecular complexity index is 373. The summed E-state index contributed by atoms with van der Waals surface area (Å²) < 4.78 is 0. The molecule has 0 saturated carbocycles. The Morgan fingerprint density at radius 1 is 1.41 bits per heavy atom. The molecule has 3 nitrogen and oxygen atoms in total. The zero-order chi connectivity index (χ0) is 13.0. The molecule has 17 heavy (non-hydrogen) atoms. The minimum Gasteiger partial charge on any atom is -0.396 e. The maximum atomic E-state index is 12.1. The average Bonchev–Trinajstić information content (AvgIpc) is 2.76. The van der Waals surface area contributed by atoms with Gasteiger partial charge in [-0.3, -0.25) is 4.79 Å². The smallest absolute Gasteiger partial charge is 0.261 e. The molecule has 1 aromatic rings. The molecule has 0 spiro atoms. The van der Waals surface area contributed by atoms with Crippen molar-refractivity contribution in [2.45, 2.75) is 39.7 Å². The summed E-state index contributed by atoms with van der Waals surface area (Å²) in [6.45, 7) is 8.09. The number of aliphatic hydroxyl groups excluding tert-OH is 1. The van der Waals surface area contributed by atoms with E-state index in [-0.39, 0.29) is 24.5 Å². The van der Waals surface area contributed by atoms with E-state index < -0.39 is 0 Å². The average molecular weight is 255 g/mol. The molecule has 0 bridgehead atoms. The first-order valence-corrected chi connectivity index (χ1v) is 6.84. The highest BCUT2D eigenvalue weighted by Gasteiger charge is 2.19. The Morgan fingerprint density at radius 3 is 2.59 bits per heavy atom. The van der Waals surface area contributed by atoms with Crippen LogP contribution in [0.15, 0.2) is 11.4 Å². The molecule has 2 unspecified atom stereocenters. The van der Waals surface area contributed by atoms with Gasteiger partial charge in [0.05, 0.1) is 4.88 Å². The van der Waals surface area contributed by atoms with Gasteiger partial charge < -0.3 is 10.4 Å². The standard InChI is InChI=1S/C13H21NO2S/c1-8(2)11-5-6-17-12(11)13(16)14-10(4)9(3)7-15/h5-6,8-10,15H,7H2,1-4H3,(H,14,16). The molecule has 1 aromatic heterocycles. The van der Waals surface area contributed by atoms with Crippen molar-refractivity contribution in [3.8, 4) is 0 Å². The predicted molar refractivity (Wildman–Crippen MR) is 71.6 cm³/mol. The van der Waals surface area contributed by atoms with Gasteiger partial charge in [0.1, 0.15) is 0 Å². The van der Waals surface area contributed by atoms with Crippen LogP contribution in [-0.2, 0) is 0 Å². The monoisotopic (exact) mass is 255 g/mol. The largest absolute Gasteiger partial charge is 0.396 e. The van der Waals surface area contributed by atoms with Crippen molar-refractivity contribution in [1.29, 1.82) is 0 Å². The lowest BCUT2D eigenvalue weighted by atomic mass is 10.0. The molecule has 1 amide bonds. The molecule has 0 fully saturated rings. The molecule has 2 N–H and O–H groups in total. The molecule has 0 aliphatic rings. The molecular formula is C13H21NO2S. The van der Waals surface area contributed by atoms with Crippen LogP contribution in [0.1, 0.15) is 48.8 Å². The van der Waals surface area contributed by atoms with Crippen LogP contribution in [0.2, 0.25) is 0 Å². The van der Waals surface area contributed by atoms with E-state index in [1.54, 1.807) is 0 Å². The van der Waals surface area contributed by atoms with E-state index >= 15 is 0 Å². The number of carbonyl (C=O) groups is 1. The van der Waals surface area contributed by atoms with Gasteiger partial charge in [-0.15, -0.1) is 11.3 Å². The number of hydrogen-bond acceptors (Lipinski definition) is 3. The van der Waals surface area contributed by atoms with Crippen LogP contribution >= 0.6 is 11.3 Å². The molecule has 4 heteroatoms. The summed E-state index contributed by atoms with van der Waals surface area (Å²) in [6, 6.07) is 1.99. The maximum absolute atomic E-state index is 12.1. The summed E-state index contributed by atoms with van der Waals surface area (Å²) in [5.41, 5.74) is 1.09. The topological polar surface area (TPSA) is 49.3 Å². The highest BCUT2D eigenvalue weighted by Crippen LogP contribution is 2.24. The molecular weight excluding hydrogens is 234 g/mol. The molecule has 0 radical (unpaired) electrons. The van der Waals surface area contributed by atoms with E-state index in [0.717, 1.165) is 10.4 Å². The van der Waals surface area contributed by atoms with Crippen LogP contribution in [0.5, 0.6) is 0 Å². The number of carbonyl (C=O) groups excluding carboxylic acids is 1. The van der Waals surface area contributed by atoms with E-state index in [1.165, 1.54) is 11.3 Å². The summed E-state index contributed by atoms with van der Waals surface area (Å²) in [7, 11) is 0. The van der Waals surface area contributed by atoms with Crippen LogP contribution in [0.25, 0.3) is 0 Å². The van der Waals surface area contributed by atoms with Gasteiger partial charge in [-0.05, 0) is 35.8 Å². The quantitative estimate of drug-likeness (QED) is 0.849. The van der Waals surface area contributed by atoms with Crippen LogP contribution < -0.4 is 5.32 Å². The predicted octanol–water partition coefficient (Wildman–Crippen LogP) is 2.62. The van der Waals surface area contributed by atoms with E-state index in [0.29, 0.717) is 5.92 Å². The third kappa shape index (κ3) is 3.54. The highest BCUT2D eigenvalue weighted by molar-refractivity contribution is 7.12. The van der Waals surface area contributed by atoms with Crippen LogP contribution in [-0.4, -0.2) is 23.7 Å². The summed E-state index contributed by atoms with van der Waals surface area (Å²) in [5.74, 6) is 0.394. The fourth-order valence-electron chi connectivity index (χ4n) is 1.53. The zero-order valence-electron chi connectivity index (χ0n) is 10.9. The summed E-state index contributed by atoms with van der Waals surface area (Å²) in [5, 5.41) is 13.9. The highest BCUT2D eigenvalue weighted by atomic mass is 32.1. The van der Waals surface area contributed by atoms with Crippen molar-refractivity contribution < 1.29 is 9.90 Å². The zero-order valence-corrected chi connectivity index (χ0v) is 11.7. The van der Waals surface area contributed by atoms with Gasteiger partial charge in [0.25, 0.3) is 5.91 Å². The van der Waals surface area contributed by atoms with Gasteiger partial charge in [-0.25, -0.2) is 0 Å². The maximum Gasteiger partial charge on any atom is 0.261 e. The minimum atomic E-state index is -0.0310. The van der Waals surface area contributed by atoms with E-state index in [9.17, 15) is 4.79 Å². The lowest BCUT2D eigenvalue weighted by Gasteiger charge is -2.19. The van der Waals surface area contributed by atoms with Gasteiger partial charge in [0.15, 0.2) is 0 Å². The Balaban J connectivity index is 2.73. The lowest BCUT2D eigenvalue weighted by molar-refractivity contribution is 0.0919. The van der Waals surface area contributed by atoms with E-state index in [4.69, 9.17) is 5.11 Å². The molecule has 0 aliphatic heterocycles. The number of hydrogen-bond donors (Lipinski definition) is 2. The fourth-order valence-corrected chi connectivity index (χ4v) is 2.49. The first kappa shape index (κ1) is 14.2. The van der Waals surface area contributed by atoms with Crippen molar-refractivity contribution in [2.75, 3.05) is 6.61 Å². The number of thiophene rings is 1. The van der Waals surface area contributed by atoms with Crippen LogP contribution in [0.3, 0.4) is 0 Å². The molecule has 0 saturated heterocycles. The molecule has 1 heterocycles. The SMILES string of the molecule is CC(C)c1ccsc1C(=O)NC(C)C(C)CO. The molecule has 0 aliphatic carbocycles. The first-order chi connectivity index (χ1) is 7.97. The Morgan fingerprint density at radius 2 is 2.06 bits per heavy atom. The molecule has 1 rings (SSSR count). The third-order valence-electron chi connectivity index (χ3n) is 3.02. The van der Waals surface area contributed by atoms with Crippen LogP contribution in [0, 0.1) is 5.92 Å². The van der Waals surface area contributed by atoms with E-state index in [2.05, 4.69) is 19.2 Å². The van der Waals surface area contributed by atoms with Crippen molar-refractivity contribution in [2.24, 2.45) is 5.92 Å². The van der Waals surface area contributed by atoms with Gasteiger partial charge in [0.2, 0.25) is 0 Å².